The van der Waals surface area contributed by atoms with E-state index in [-0.39, 0.29) is 0 Å². The zero-order chi connectivity index (χ0) is 20.4. The van der Waals surface area contributed by atoms with Gasteiger partial charge < -0.3 is 24.6 Å². The molecule has 2 rings (SSSR count). The maximum atomic E-state index is 9.55. The molecule has 27 heavy (non-hydrogen) atoms. The third-order valence-electron chi connectivity index (χ3n) is 4.22. The molecule has 7 heteroatoms. The monoisotopic (exact) mass is 379 g/mol. The first-order chi connectivity index (χ1) is 12.7. The van der Waals surface area contributed by atoms with E-state index in [9.17, 15) is 9.59 Å². The molecule has 0 aliphatic carbocycles. The Balaban J connectivity index is 0.000000387. The molecule has 1 atom stereocenters. The van der Waals surface area contributed by atoms with Crippen LogP contribution in [-0.4, -0.2) is 60.9 Å². The Labute approximate surface area is 160 Å². The molecule has 0 radical (unpaired) electrons. The van der Waals surface area contributed by atoms with Crippen molar-refractivity contribution in [3.8, 4) is 11.5 Å². The largest absolute Gasteiger partial charge is 0.497 e. The first kappa shape index (κ1) is 22.5. The Kier molecular flexibility index (Phi) is 9.36. The number of likely N-dealkylation sites (tertiary alicyclic amines) is 1. The van der Waals surface area contributed by atoms with Gasteiger partial charge >= 0.3 is 11.9 Å². The second kappa shape index (κ2) is 11.2. The number of piperidine rings is 1. The Morgan fingerprint density at radius 1 is 1.19 bits per heavy atom. The molecule has 0 spiro atoms. The fraction of sp³-hybridized carbons (Fsp3) is 0.500. The van der Waals surface area contributed by atoms with Crippen molar-refractivity contribution >= 4 is 11.9 Å². The van der Waals surface area contributed by atoms with E-state index in [4.69, 9.17) is 19.7 Å². The van der Waals surface area contributed by atoms with Crippen molar-refractivity contribution < 1.29 is 29.3 Å². The zero-order valence-corrected chi connectivity index (χ0v) is 16.4. The third kappa shape index (κ3) is 8.59. The van der Waals surface area contributed by atoms with Crippen molar-refractivity contribution in [1.82, 2.24) is 4.90 Å². The number of carboxylic acids is 2. The lowest BCUT2D eigenvalue weighted by Crippen LogP contribution is -2.34. The standard InChI is InChI=1S/C16H25NO2.C4H4O4/c1-12-8-15(18-4)9-13(2)16(12)19-11-14-6-5-7-17(3)10-14;5-3(6)1-2-4(7)8/h8-9,14H,5-7,10-11H2,1-4H3;1-2H,(H,5,6)(H,7,8). The predicted molar refractivity (Wildman–Crippen MR) is 103 cm³/mol. The number of carbonyl (C=O) groups is 2. The molecule has 7 nitrogen and oxygen atoms in total. The summed E-state index contributed by atoms with van der Waals surface area (Å²) in [6, 6.07) is 4.07. The van der Waals surface area contributed by atoms with E-state index in [1.54, 1.807) is 7.11 Å². The smallest absolute Gasteiger partial charge is 0.328 e. The van der Waals surface area contributed by atoms with Gasteiger partial charge in [0.25, 0.3) is 0 Å². The molecule has 0 aromatic heterocycles. The van der Waals surface area contributed by atoms with Crippen LogP contribution in [0.4, 0.5) is 0 Å². The molecule has 0 bridgehead atoms. The lowest BCUT2D eigenvalue weighted by molar-refractivity contribution is -0.134. The molecular formula is C20H29NO6. The van der Waals surface area contributed by atoms with Gasteiger partial charge in [0.1, 0.15) is 11.5 Å². The quantitative estimate of drug-likeness (QED) is 0.734. The van der Waals surface area contributed by atoms with Gasteiger partial charge in [-0.25, -0.2) is 9.59 Å². The molecule has 1 aliphatic heterocycles. The summed E-state index contributed by atoms with van der Waals surface area (Å²) in [5.74, 6) is 0.0632. The van der Waals surface area contributed by atoms with E-state index >= 15 is 0 Å². The Bertz CT molecular complexity index is 631. The van der Waals surface area contributed by atoms with Crippen LogP contribution in [0.1, 0.15) is 24.0 Å². The van der Waals surface area contributed by atoms with Crippen molar-refractivity contribution in [2.24, 2.45) is 5.92 Å². The van der Waals surface area contributed by atoms with Crippen LogP contribution >= 0.6 is 0 Å². The molecular weight excluding hydrogens is 350 g/mol. The van der Waals surface area contributed by atoms with Crippen LogP contribution in [0.2, 0.25) is 0 Å². The topological polar surface area (TPSA) is 96.3 Å². The molecule has 150 valence electrons. The van der Waals surface area contributed by atoms with E-state index in [0.717, 1.165) is 35.8 Å². The van der Waals surface area contributed by atoms with Crippen LogP contribution in [0, 0.1) is 19.8 Å². The fourth-order valence-corrected chi connectivity index (χ4v) is 3.01. The summed E-state index contributed by atoms with van der Waals surface area (Å²) in [6.07, 6.45) is 3.67. The summed E-state index contributed by atoms with van der Waals surface area (Å²) >= 11 is 0. The van der Waals surface area contributed by atoms with Crippen LogP contribution in [-0.2, 0) is 9.59 Å². The van der Waals surface area contributed by atoms with Gasteiger partial charge in [-0.05, 0) is 63.5 Å². The minimum absolute atomic E-state index is 0.558. The van der Waals surface area contributed by atoms with Crippen LogP contribution in [0.5, 0.6) is 11.5 Å². The Morgan fingerprint density at radius 2 is 1.74 bits per heavy atom. The van der Waals surface area contributed by atoms with Crippen LogP contribution in [0.25, 0.3) is 0 Å². The molecule has 1 unspecified atom stereocenters. The summed E-state index contributed by atoms with van der Waals surface area (Å²) in [4.78, 5) is 21.5. The molecule has 1 aliphatic rings. The summed E-state index contributed by atoms with van der Waals surface area (Å²) in [5.41, 5.74) is 2.31. The second-order valence-electron chi connectivity index (χ2n) is 6.68. The molecule has 1 aromatic rings. The molecule has 0 saturated carbocycles. The van der Waals surface area contributed by atoms with E-state index in [2.05, 4.69) is 25.8 Å². The van der Waals surface area contributed by atoms with Crippen LogP contribution < -0.4 is 9.47 Å². The minimum atomic E-state index is -1.26. The molecule has 2 N–H and O–H groups in total. The SMILES string of the molecule is COc1cc(C)c(OCC2CCCN(C)C2)c(C)c1.O=C(O)C=CC(=O)O. The Morgan fingerprint density at radius 3 is 2.19 bits per heavy atom. The van der Waals surface area contributed by atoms with Gasteiger partial charge in [-0.2, -0.15) is 0 Å². The maximum Gasteiger partial charge on any atom is 0.328 e. The highest BCUT2D eigenvalue weighted by atomic mass is 16.5. The summed E-state index contributed by atoms with van der Waals surface area (Å²) in [5, 5.41) is 15.6. The van der Waals surface area contributed by atoms with Gasteiger partial charge in [-0.15, -0.1) is 0 Å². The van der Waals surface area contributed by atoms with Gasteiger partial charge in [0.15, 0.2) is 0 Å². The lowest BCUT2D eigenvalue weighted by atomic mass is 9.99. The first-order valence-corrected chi connectivity index (χ1v) is 8.83. The van der Waals surface area contributed by atoms with Crippen molar-refractivity contribution in [1.29, 1.82) is 0 Å². The number of hydrogen-bond donors (Lipinski definition) is 2. The average molecular weight is 379 g/mol. The molecule has 1 saturated heterocycles. The normalized spacial score (nSPS) is 17.1. The lowest BCUT2D eigenvalue weighted by Gasteiger charge is -2.29. The number of hydrogen-bond acceptors (Lipinski definition) is 5. The van der Waals surface area contributed by atoms with Gasteiger partial charge in [0.2, 0.25) is 0 Å². The number of carboxylic acid groups (broad SMARTS) is 2. The minimum Gasteiger partial charge on any atom is -0.497 e. The van der Waals surface area contributed by atoms with E-state index < -0.39 is 11.9 Å². The van der Waals surface area contributed by atoms with E-state index in [1.165, 1.54) is 19.4 Å². The number of benzene rings is 1. The molecule has 1 heterocycles. The molecule has 1 aromatic carbocycles. The van der Waals surface area contributed by atoms with Crippen LogP contribution in [0.15, 0.2) is 24.3 Å². The van der Waals surface area contributed by atoms with Crippen molar-refractivity contribution in [2.75, 3.05) is 33.9 Å². The number of aliphatic carboxylic acids is 2. The molecule has 1 fully saturated rings. The number of ether oxygens (including phenoxy) is 2. The van der Waals surface area contributed by atoms with Crippen molar-refractivity contribution in [2.45, 2.75) is 26.7 Å². The number of rotatable bonds is 6. The molecule has 0 amide bonds. The predicted octanol–water partition coefficient (Wildman–Crippen LogP) is 2.74. The fourth-order valence-electron chi connectivity index (χ4n) is 3.01. The van der Waals surface area contributed by atoms with Crippen molar-refractivity contribution in [3.05, 3.63) is 35.4 Å². The zero-order valence-electron chi connectivity index (χ0n) is 16.4. The highest BCUT2D eigenvalue weighted by Gasteiger charge is 2.18. The Hall–Kier alpha value is -2.54. The number of methoxy groups -OCH3 is 1. The maximum absolute atomic E-state index is 9.55. The van der Waals surface area contributed by atoms with Gasteiger partial charge in [0.05, 0.1) is 13.7 Å². The van der Waals surface area contributed by atoms with Gasteiger partial charge in [-0.3, -0.25) is 0 Å². The van der Waals surface area contributed by atoms with Crippen LogP contribution in [0.3, 0.4) is 0 Å². The van der Waals surface area contributed by atoms with Crippen molar-refractivity contribution in [3.63, 3.8) is 0 Å². The summed E-state index contributed by atoms with van der Waals surface area (Å²) in [6.45, 7) is 7.35. The van der Waals surface area contributed by atoms with Gasteiger partial charge in [0, 0.05) is 24.6 Å². The van der Waals surface area contributed by atoms with E-state index in [0.29, 0.717) is 18.1 Å². The number of nitrogens with zero attached hydrogens (tertiary/aromatic N) is 1. The number of aryl methyl sites for hydroxylation is 2. The summed E-state index contributed by atoms with van der Waals surface area (Å²) < 4.78 is 11.3. The highest BCUT2D eigenvalue weighted by molar-refractivity contribution is 5.89. The highest BCUT2D eigenvalue weighted by Crippen LogP contribution is 2.29. The van der Waals surface area contributed by atoms with E-state index in [1.807, 2.05) is 12.1 Å². The second-order valence-corrected chi connectivity index (χ2v) is 6.68. The average Bonchev–Trinajstić information content (AvgIpc) is 2.59. The van der Waals surface area contributed by atoms with Gasteiger partial charge in [-0.1, -0.05) is 0 Å². The third-order valence-corrected chi connectivity index (χ3v) is 4.22. The summed E-state index contributed by atoms with van der Waals surface area (Å²) in [7, 11) is 3.89. The first-order valence-electron chi connectivity index (χ1n) is 8.83.